The summed E-state index contributed by atoms with van der Waals surface area (Å²) >= 11 is 1.59. The summed E-state index contributed by atoms with van der Waals surface area (Å²) in [5.74, 6) is 0.942. The predicted octanol–water partition coefficient (Wildman–Crippen LogP) is 8.22. The van der Waals surface area contributed by atoms with E-state index in [9.17, 15) is 5.11 Å². The molecule has 0 spiro atoms. The van der Waals surface area contributed by atoms with Gasteiger partial charge in [0.2, 0.25) is 0 Å². The van der Waals surface area contributed by atoms with Crippen LogP contribution in [0.4, 0.5) is 5.13 Å². The second-order valence-corrected chi connectivity index (χ2v) is 10.8. The van der Waals surface area contributed by atoms with Gasteiger partial charge in [-0.1, -0.05) is 84.1 Å². The van der Waals surface area contributed by atoms with Crippen molar-refractivity contribution < 1.29 is 9.84 Å². The van der Waals surface area contributed by atoms with Gasteiger partial charge in [-0.15, -0.1) is 0 Å². The van der Waals surface area contributed by atoms with Gasteiger partial charge >= 0.3 is 0 Å². The highest BCUT2D eigenvalue weighted by Crippen LogP contribution is 2.42. The molecule has 2 aromatic heterocycles. The average molecular weight is 555 g/mol. The molecule has 2 heterocycles. The first-order valence-electron chi connectivity index (χ1n) is 13.3. The van der Waals surface area contributed by atoms with Crippen LogP contribution in [-0.2, 0) is 0 Å². The van der Waals surface area contributed by atoms with E-state index in [2.05, 4.69) is 17.4 Å². The normalized spacial score (nSPS) is 12.0. The second-order valence-electron chi connectivity index (χ2n) is 9.73. The van der Waals surface area contributed by atoms with Crippen molar-refractivity contribution in [1.29, 1.82) is 0 Å². The van der Waals surface area contributed by atoms with Crippen molar-refractivity contribution in [2.75, 3.05) is 12.4 Å². The number of aromatic hydroxyl groups is 1. The maximum absolute atomic E-state index is 11.4. The minimum atomic E-state index is -0.472. The summed E-state index contributed by atoms with van der Waals surface area (Å²) in [4.78, 5) is 4.89. The fourth-order valence-corrected chi connectivity index (χ4v) is 6.15. The van der Waals surface area contributed by atoms with Gasteiger partial charge in [0, 0.05) is 22.9 Å². The van der Waals surface area contributed by atoms with Crippen LogP contribution in [0.25, 0.3) is 37.9 Å². The molecule has 41 heavy (non-hydrogen) atoms. The first-order chi connectivity index (χ1) is 20.2. The molecule has 0 radical (unpaired) electrons. The van der Waals surface area contributed by atoms with Gasteiger partial charge in [0.15, 0.2) is 5.13 Å². The van der Waals surface area contributed by atoms with E-state index in [0.29, 0.717) is 0 Å². The standard InChI is InChI=1S/C34H26N4O2S/c1-40-25-14-9-11-23(20-25)32-27(21-38(37-32)24-12-3-2-4-13-24)33(36-34-35-28-16-7-8-17-30(28)41-34)31-26-15-6-5-10-22(26)18-19-29(31)39/h2-21,33,39H,1H3,(H,35,36). The van der Waals surface area contributed by atoms with E-state index in [4.69, 9.17) is 14.8 Å². The van der Waals surface area contributed by atoms with Gasteiger partial charge in [-0.3, -0.25) is 0 Å². The third-order valence-corrected chi connectivity index (χ3v) is 8.18. The molecular weight excluding hydrogens is 528 g/mol. The van der Waals surface area contributed by atoms with E-state index >= 15 is 0 Å². The average Bonchev–Trinajstić information content (AvgIpc) is 3.65. The Morgan fingerprint density at radius 3 is 2.51 bits per heavy atom. The quantitative estimate of drug-likeness (QED) is 0.208. The molecule has 5 aromatic carbocycles. The van der Waals surface area contributed by atoms with Crippen molar-refractivity contribution in [2.24, 2.45) is 0 Å². The monoisotopic (exact) mass is 554 g/mol. The van der Waals surface area contributed by atoms with Crippen molar-refractivity contribution in [1.82, 2.24) is 14.8 Å². The number of aromatic nitrogens is 3. The van der Waals surface area contributed by atoms with E-state index in [1.807, 2.05) is 108 Å². The molecule has 1 unspecified atom stereocenters. The maximum Gasteiger partial charge on any atom is 0.184 e. The van der Waals surface area contributed by atoms with Crippen LogP contribution in [0.2, 0.25) is 0 Å². The molecule has 0 aliphatic rings. The lowest BCUT2D eigenvalue weighted by atomic mass is 9.91. The molecule has 2 N–H and O–H groups in total. The van der Waals surface area contributed by atoms with Crippen LogP contribution in [0, 0.1) is 0 Å². The molecule has 7 rings (SSSR count). The van der Waals surface area contributed by atoms with Gasteiger partial charge in [0.25, 0.3) is 0 Å². The number of hydrogen-bond donors (Lipinski definition) is 2. The van der Waals surface area contributed by atoms with Crippen LogP contribution in [-0.4, -0.2) is 27.0 Å². The molecule has 7 aromatic rings. The molecule has 1 atom stereocenters. The molecule has 0 saturated carbocycles. The highest BCUT2D eigenvalue weighted by molar-refractivity contribution is 7.22. The van der Waals surface area contributed by atoms with Gasteiger partial charge in [0.05, 0.1) is 34.7 Å². The van der Waals surface area contributed by atoms with Crippen molar-refractivity contribution in [3.05, 3.63) is 133 Å². The van der Waals surface area contributed by atoms with Crippen LogP contribution in [0.3, 0.4) is 0 Å². The summed E-state index contributed by atoms with van der Waals surface area (Å²) in [7, 11) is 1.66. The highest BCUT2D eigenvalue weighted by atomic mass is 32.1. The summed E-state index contributed by atoms with van der Waals surface area (Å²) in [5, 5.41) is 23.0. The second kappa shape index (κ2) is 10.4. The number of rotatable bonds is 7. The maximum atomic E-state index is 11.4. The fraction of sp³-hybridized carbons (Fsp3) is 0.0588. The summed E-state index contributed by atoms with van der Waals surface area (Å²) in [6.07, 6.45) is 2.04. The van der Waals surface area contributed by atoms with Crippen LogP contribution < -0.4 is 10.1 Å². The molecular formula is C34H26N4O2S. The summed E-state index contributed by atoms with van der Waals surface area (Å²) in [6, 6.07) is 37.4. The zero-order chi connectivity index (χ0) is 27.8. The first-order valence-corrected chi connectivity index (χ1v) is 14.1. The Kier molecular flexibility index (Phi) is 6.34. The molecule has 0 saturated heterocycles. The third kappa shape index (κ3) is 4.66. The van der Waals surface area contributed by atoms with Gasteiger partial charge in [-0.05, 0) is 53.2 Å². The Balaban J connectivity index is 1.49. The van der Waals surface area contributed by atoms with E-state index < -0.39 is 6.04 Å². The molecule has 6 nitrogen and oxygen atoms in total. The lowest BCUT2D eigenvalue weighted by Crippen LogP contribution is -2.13. The zero-order valence-electron chi connectivity index (χ0n) is 22.2. The number of anilines is 1. The van der Waals surface area contributed by atoms with E-state index in [-0.39, 0.29) is 5.75 Å². The molecule has 200 valence electrons. The fourth-order valence-electron chi connectivity index (χ4n) is 5.26. The SMILES string of the molecule is COc1cccc(-c2nn(-c3ccccc3)cc2C(Nc2nc3ccccc3s2)c2c(O)ccc3ccccc23)c1. The molecule has 7 heteroatoms. The highest BCUT2D eigenvalue weighted by Gasteiger charge is 2.28. The Labute approximate surface area is 241 Å². The van der Waals surface area contributed by atoms with Crippen LogP contribution in [0.5, 0.6) is 11.5 Å². The first kappa shape index (κ1) is 24.9. The van der Waals surface area contributed by atoms with Gasteiger partial charge < -0.3 is 15.2 Å². The number of phenols is 1. The third-order valence-electron chi connectivity index (χ3n) is 7.22. The number of nitrogens with zero attached hydrogens (tertiary/aromatic N) is 3. The Bertz CT molecular complexity index is 1960. The number of methoxy groups -OCH3 is 1. The lowest BCUT2D eigenvalue weighted by molar-refractivity contribution is 0.415. The lowest BCUT2D eigenvalue weighted by Gasteiger charge is -2.22. The summed E-state index contributed by atoms with van der Waals surface area (Å²) in [6.45, 7) is 0. The predicted molar refractivity (Wildman–Crippen MR) is 166 cm³/mol. The number of thiazole rings is 1. The Hall–Kier alpha value is -5.14. The summed E-state index contributed by atoms with van der Waals surface area (Å²) in [5.41, 5.74) is 5.20. The molecule has 0 amide bonds. The van der Waals surface area contributed by atoms with Crippen molar-refractivity contribution in [2.45, 2.75) is 6.04 Å². The van der Waals surface area contributed by atoms with E-state index in [1.54, 1.807) is 24.5 Å². The number of nitrogens with one attached hydrogen (secondary N) is 1. The van der Waals surface area contributed by atoms with Gasteiger partial charge in [-0.2, -0.15) is 5.10 Å². The van der Waals surface area contributed by atoms with Crippen molar-refractivity contribution >= 4 is 37.5 Å². The van der Waals surface area contributed by atoms with Crippen molar-refractivity contribution in [3.8, 4) is 28.4 Å². The Morgan fingerprint density at radius 1 is 0.854 bits per heavy atom. The van der Waals surface area contributed by atoms with Crippen LogP contribution in [0.15, 0.2) is 121 Å². The minimum Gasteiger partial charge on any atom is -0.508 e. The van der Waals surface area contributed by atoms with Gasteiger partial charge in [-0.25, -0.2) is 9.67 Å². The van der Waals surface area contributed by atoms with Gasteiger partial charge in [0.1, 0.15) is 11.5 Å². The largest absolute Gasteiger partial charge is 0.508 e. The number of phenolic OH excluding ortho intramolecular Hbond substituents is 1. The number of hydrogen-bond acceptors (Lipinski definition) is 6. The Morgan fingerprint density at radius 2 is 1.66 bits per heavy atom. The minimum absolute atomic E-state index is 0.200. The van der Waals surface area contributed by atoms with Crippen LogP contribution in [0.1, 0.15) is 17.2 Å². The topological polar surface area (TPSA) is 72.2 Å². The molecule has 0 bridgehead atoms. The molecule has 0 aliphatic carbocycles. The number of para-hydroxylation sites is 2. The summed E-state index contributed by atoms with van der Waals surface area (Å²) < 4.78 is 8.54. The molecule has 0 aliphatic heterocycles. The smallest absolute Gasteiger partial charge is 0.184 e. The number of ether oxygens (including phenoxy) is 1. The zero-order valence-corrected chi connectivity index (χ0v) is 23.0. The van der Waals surface area contributed by atoms with E-state index in [0.717, 1.165) is 59.9 Å². The van der Waals surface area contributed by atoms with E-state index in [1.165, 1.54) is 0 Å². The molecule has 0 fully saturated rings. The van der Waals surface area contributed by atoms with Crippen molar-refractivity contribution in [3.63, 3.8) is 0 Å². The number of fused-ring (bicyclic) bond motifs is 2. The number of benzene rings is 5. The van der Waals surface area contributed by atoms with Crippen LogP contribution >= 0.6 is 11.3 Å².